The number of rotatable bonds is 1. The Labute approximate surface area is 93.6 Å². The minimum Gasteiger partial charge on any atom is -0.465 e. The van der Waals surface area contributed by atoms with Crippen molar-refractivity contribution in [3.05, 3.63) is 28.8 Å². The van der Waals surface area contributed by atoms with Crippen LogP contribution in [0.25, 0.3) is 0 Å². The van der Waals surface area contributed by atoms with Crippen LogP contribution in [-0.4, -0.2) is 13.1 Å². The van der Waals surface area contributed by atoms with Gasteiger partial charge in [0, 0.05) is 5.56 Å². The van der Waals surface area contributed by atoms with Gasteiger partial charge in [-0.3, -0.25) is 0 Å². The van der Waals surface area contributed by atoms with Crippen LogP contribution in [0.5, 0.6) is 0 Å². The maximum atomic E-state index is 11.4. The average molecular weight is 214 g/mol. The summed E-state index contributed by atoms with van der Waals surface area (Å²) in [5.41, 5.74) is 6.74. The number of hydrogen-bond acceptors (Lipinski definition) is 4. The van der Waals surface area contributed by atoms with E-state index in [0.717, 1.165) is 0 Å². The summed E-state index contributed by atoms with van der Waals surface area (Å²) in [6.45, 7) is 1.67. The molecule has 4 heteroatoms. The molecule has 0 unspecified atom stereocenters. The Morgan fingerprint density at radius 3 is 2.69 bits per heavy atom. The second-order valence-corrected chi connectivity index (χ2v) is 2.96. The van der Waals surface area contributed by atoms with Crippen LogP contribution in [0.15, 0.2) is 12.1 Å². The lowest BCUT2D eigenvalue weighted by atomic mass is 10.0. The van der Waals surface area contributed by atoms with Gasteiger partial charge in [0.05, 0.1) is 23.9 Å². The third-order valence-corrected chi connectivity index (χ3v) is 1.98. The number of esters is 1. The lowest BCUT2D eigenvalue weighted by molar-refractivity contribution is 0.0602. The number of nitriles is 1. The molecule has 80 valence electrons. The zero-order valence-electron chi connectivity index (χ0n) is 9.00. The van der Waals surface area contributed by atoms with Gasteiger partial charge in [0.25, 0.3) is 0 Å². The fraction of sp³-hybridized carbons (Fsp3) is 0.167. The lowest BCUT2D eigenvalue weighted by Gasteiger charge is -2.06. The summed E-state index contributed by atoms with van der Waals surface area (Å²) in [6.07, 6.45) is 0. The first-order valence-corrected chi connectivity index (χ1v) is 4.48. The normalized spacial score (nSPS) is 8.56. The van der Waals surface area contributed by atoms with E-state index in [4.69, 9.17) is 11.0 Å². The first kappa shape index (κ1) is 11.6. The molecule has 0 aliphatic rings. The van der Waals surface area contributed by atoms with Crippen LogP contribution in [0.3, 0.4) is 0 Å². The molecule has 2 N–H and O–H groups in total. The molecule has 0 spiro atoms. The first-order chi connectivity index (χ1) is 7.63. The third kappa shape index (κ3) is 2.13. The van der Waals surface area contributed by atoms with E-state index in [1.54, 1.807) is 6.92 Å². The van der Waals surface area contributed by atoms with E-state index in [1.807, 2.05) is 6.07 Å². The Balaban J connectivity index is 3.47. The van der Waals surface area contributed by atoms with E-state index in [2.05, 4.69) is 16.6 Å². The van der Waals surface area contributed by atoms with Crippen molar-refractivity contribution in [3.63, 3.8) is 0 Å². The molecule has 0 radical (unpaired) electrons. The summed E-state index contributed by atoms with van der Waals surface area (Å²) in [5, 5.41) is 8.86. The summed E-state index contributed by atoms with van der Waals surface area (Å²) < 4.78 is 4.57. The highest BCUT2D eigenvalue weighted by Gasteiger charge is 2.14. The van der Waals surface area contributed by atoms with E-state index in [9.17, 15) is 4.79 Å². The second kappa shape index (κ2) is 4.86. The molecule has 0 fully saturated rings. The first-order valence-electron chi connectivity index (χ1n) is 4.48. The van der Waals surface area contributed by atoms with E-state index < -0.39 is 5.97 Å². The summed E-state index contributed by atoms with van der Waals surface area (Å²) in [7, 11) is 1.26. The number of ether oxygens (including phenoxy) is 1. The Hall–Kier alpha value is -2.46. The van der Waals surface area contributed by atoms with E-state index in [-0.39, 0.29) is 16.8 Å². The number of methoxy groups -OCH3 is 1. The van der Waals surface area contributed by atoms with Crippen LogP contribution in [0.4, 0.5) is 5.69 Å². The molecule has 0 amide bonds. The fourth-order valence-electron chi connectivity index (χ4n) is 1.24. The molecule has 0 heterocycles. The van der Waals surface area contributed by atoms with Gasteiger partial charge in [0.1, 0.15) is 6.07 Å². The molecule has 0 aromatic heterocycles. The Morgan fingerprint density at radius 2 is 2.19 bits per heavy atom. The standard InChI is InChI=1S/C12H10N2O2/c1-3-4-8-5-9(7-13)11(14)10(6-8)12(15)16-2/h5-6H,14H2,1-2H3. The molecule has 1 rings (SSSR count). The number of benzene rings is 1. The van der Waals surface area contributed by atoms with Crippen LogP contribution < -0.4 is 5.73 Å². The number of nitrogen functional groups attached to an aromatic ring is 1. The van der Waals surface area contributed by atoms with Crippen molar-refractivity contribution >= 4 is 11.7 Å². The molecule has 1 aromatic rings. The van der Waals surface area contributed by atoms with Crippen molar-refractivity contribution in [2.45, 2.75) is 6.92 Å². The molecule has 0 atom stereocenters. The molecule has 0 saturated heterocycles. The van der Waals surface area contributed by atoms with Crippen LogP contribution >= 0.6 is 0 Å². The minimum absolute atomic E-state index is 0.121. The summed E-state index contributed by atoms with van der Waals surface area (Å²) in [4.78, 5) is 11.4. The third-order valence-electron chi connectivity index (χ3n) is 1.98. The predicted molar refractivity (Wildman–Crippen MR) is 59.5 cm³/mol. The Morgan fingerprint density at radius 1 is 1.50 bits per heavy atom. The van der Waals surface area contributed by atoms with E-state index >= 15 is 0 Å². The molecule has 4 nitrogen and oxygen atoms in total. The van der Waals surface area contributed by atoms with Gasteiger partial charge in [-0.1, -0.05) is 5.92 Å². The van der Waals surface area contributed by atoms with Gasteiger partial charge in [-0.2, -0.15) is 5.26 Å². The lowest BCUT2D eigenvalue weighted by Crippen LogP contribution is -2.07. The highest BCUT2D eigenvalue weighted by Crippen LogP contribution is 2.20. The second-order valence-electron chi connectivity index (χ2n) is 2.96. The van der Waals surface area contributed by atoms with Gasteiger partial charge in [-0.15, -0.1) is 5.92 Å². The van der Waals surface area contributed by atoms with Crippen molar-refractivity contribution < 1.29 is 9.53 Å². The molecule has 0 aliphatic carbocycles. The number of nitrogens with two attached hydrogens (primary N) is 1. The summed E-state index contributed by atoms with van der Waals surface area (Å²) in [5.74, 6) is 4.88. The zero-order chi connectivity index (χ0) is 12.1. The largest absolute Gasteiger partial charge is 0.465 e. The Kier molecular flexibility index (Phi) is 3.53. The molecular weight excluding hydrogens is 204 g/mol. The molecule has 16 heavy (non-hydrogen) atoms. The SMILES string of the molecule is CC#Cc1cc(C#N)c(N)c(C(=O)OC)c1. The maximum absolute atomic E-state index is 11.4. The quantitative estimate of drug-likeness (QED) is 0.434. The minimum atomic E-state index is -0.575. The average Bonchev–Trinajstić information content (AvgIpc) is 2.30. The van der Waals surface area contributed by atoms with Crippen molar-refractivity contribution in [1.82, 2.24) is 0 Å². The smallest absolute Gasteiger partial charge is 0.340 e. The maximum Gasteiger partial charge on any atom is 0.340 e. The van der Waals surface area contributed by atoms with Gasteiger partial charge >= 0.3 is 5.97 Å². The summed E-state index contributed by atoms with van der Waals surface area (Å²) in [6, 6.07) is 4.97. The Bertz CT molecular complexity index is 530. The number of nitrogens with zero attached hydrogens (tertiary/aromatic N) is 1. The van der Waals surface area contributed by atoms with Crippen LogP contribution in [0.2, 0.25) is 0 Å². The van der Waals surface area contributed by atoms with Crippen molar-refractivity contribution in [2.24, 2.45) is 0 Å². The van der Waals surface area contributed by atoms with Gasteiger partial charge in [-0.25, -0.2) is 4.79 Å². The van der Waals surface area contributed by atoms with Crippen molar-refractivity contribution in [2.75, 3.05) is 12.8 Å². The molecule has 1 aromatic carbocycles. The summed E-state index contributed by atoms with van der Waals surface area (Å²) >= 11 is 0. The monoisotopic (exact) mass is 214 g/mol. The van der Waals surface area contributed by atoms with Crippen LogP contribution in [-0.2, 0) is 4.74 Å². The van der Waals surface area contributed by atoms with Crippen molar-refractivity contribution in [1.29, 1.82) is 5.26 Å². The topological polar surface area (TPSA) is 76.1 Å². The molecule has 0 bridgehead atoms. The predicted octanol–water partition coefficient (Wildman–Crippen LogP) is 1.30. The highest BCUT2D eigenvalue weighted by atomic mass is 16.5. The van der Waals surface area contributed by atoms with Crippen molar-refractivity contribution in [3.8, 4) is 17.9 Å². The van der Waals surface area contributed by atoms with Gasteiger partial charge < -0.3 is 10.5 Å². The van der Waals surface area contributed by atoms with Crippen LogP contribution in [0.1, 0.15) is 28.4 Å². The zero-order valence-corrected chi connectivity index (χ0v) is 9.00. The molecule has 0 aliphatic heterocycles. The van der Waals surface area contributed by atoms with Gasteiger partial charge in [0.2, 0.25) is 0 Å². The molecular formula is C12H10N2O2. The van der Waals surface area contributed by atoms with Gasteiger partial charge in [0.15, 0.2) is 0 Å². The highest BCUT2D eigenvalue weighted by molar-refractivity contribution is 5.96. The number of hydrogen-bond donors (Lipinski definition) is 1. The van der Waals surface area contributed by atoms with Gasteiger partial charge in [-0.05, 0) is 19.1 Å². The van der Waals surface area contributed by atoms with E-state index in [0.29, 0.717) is 5.56 Å². The molecule has 0 saturated carbocycles. The number of anilines is 1. The number of carbonyl (C=O) groups excluding carboxylic acids is 1. The van der Waals surface area contributed by atoms with Crippen LogP contribution in [0, 0.1) is 23.2 Å². The van der Waals surface area contributed by atoms with E-state index in [1.165, 1.54) is 19.2 Å². The fourth-order valence-corrected chi connectivity index (χ4v) is 1.24. The number of carbonyl (C=O) groups is 1.